The second-order valence-corrected chi connectivity index (χ2v) is 9.47. The summed E-state index contributed by atoms with van der Waals surface area (Å²) in [6, 6.07) is 0.497. The van der Waals surface area contributed by atoms with Gasteiger partial charge in [0.15, 0.2) is 0 Å². The van der Waals surface area contributed by atoms with E-state index in [0.717, 1.165) is 32.2 Å². The van der Waals surface area contributed by atoms with Gasteiger partial charge in [-0.1, -0.05) is 38.5 Å². The van der Waals surface area contributed by atoms with Gasteiger partial charge >= 0.3 is 0 Å². The Labute approximate surface area is 136 Å². The van der Waals surface area contributed by atoms with Gasteiger partial charge in [-0.05, 0) is 44.4 Å². The molecule has 4 nitrogen and oxygen atoms in total. The van der Waals surface area contributed by atoms with Crippen LogP contribution in [0.4, 0.5) is 0 Å². The third kappa shape index (κ3) is 3.36. The van der Waals surface area contributed by atoms with Crippen LogP contribution in [0.2, 0.25) is 0 Å². The Morgan fingerprint density at radius 2 is 1.41 bits per heavy atom. The largest absolute Gasteiger partial charge is 0.282 e. The SMILES string of the molecule is CN(C1CCCCCC1)S(=O)(=O)N1CCC[C@@H]2CCCC[C@@H]21. The standard InChI is InChI=1S/C17H32N2O2S/c1-18(16-11-4-2-3-5-12-16)22(20,21)19-14-8-10-15-9-6-7-13-17(15)19/h15-17H,2-14H2,1H3/t15-,17-/m0/s1. The minimum atomic E-state index is -3.28. The maximum Gasteiger partial charge on any atom is 0.282 e. The van der Waals surface area contributed by atoms with Gasteiger partial charge in [0.1, 0.15) is 0 Å². The molecule has 0 bridgehead atoms. The van der Waals surface area contributed by atoms with Crippen LogP contribution in [0.3, 0.4) is 0 Å². The van der Waals surface area contributed by atoms with Gasteiger partial charge in [0, 0.05) is 25.7 Å². The highest BCUT2D eigenvalue weighted by Gasteiger charge is 2.42. The zero-order chi connectivity index (χ0) is 15.6. The van der Waals surface area contributed by atoms with E-state index in [4.69, 9.17) is 0 Å². The lowest BCUT2D eigenvalue weighted by molar-refractivity contribution is 0.120. The smallest absolute Gasteiger partial charge is 0.195 e. The van der Waals surface area contributed by atoms with Gasteiger partial charge in [0.2, 0.25) is 0 Å². The summed E-state index contributed by atoms with van der Waals surface area (Å²) in [7, 11) is -1.45. The quantitative estimate of drug-likeness (QED) is 0.744. The minimum Gasteiger partial charge on any atom is -0.195 e. The van der Waals surface area contributed by atoms with E-state index in [1.165, 1.54) is 51.4 Å². The van der Waals surface area contributed by atoms with Crippen molar-refractivity contribution in [2.24, 2.45) is 5.92 Å². The van der Waals surface area contributed by atoms with Crippen molar-refractivity contribution >= 4 is 10.2 Å². The molecule has 5 heteroatoms. The van der Waals surface area contributed by atoms with Crippen molar-refractivity contribution < 1.29 is 8.42 Å². The number of hydrogen-bond donors (Lipinski definition) is 0. The molecule has 1 aliphatic heterocycles. The molecule has 1 saturated heterocycles. The van der Waals surface area contributed by atoms with Crippen molar-refractivity contribution in [3.05, 3.63) is 0 Å². The van der Waals surface area contributed by atoms with Crippen molar-refractivity contribution in [2.45, 2.75) is 89.1 Å². The first kappa shape index (κ1) is 16.7. The molecule has 2 atom stereocenters. The summed E-state index contributed by atoms with van der Waals surface area (Å²) in [5.74, 6) is 0.611. The molecule has 0 spiro atoms. The van der Waals surface area contributed by atoms with E-state index in [9.17, 15) is 8.42 Å². The maximum atomic E-state index is 13.2. The molecule has 3 rings (SSSR count). The van der Waals surface area contributed by atoms with E-state index in [-0.39, 0.29) is 12.1 Å². The van der Waals surface area contributed by atoms with Gasteiger partial charge < -0.3 is 0 Å². The predicted molar refractivity (Wildman–Crippen MR) is 89.9 cm³/mol. The van der Waals surface area contributed by atoms with Crippen LogP contribution in [0, 0.1) is 5.92 Å². The molecule has 128 valence electrons. The number of nitrogens with zero attached hydrogens (tertiary/aromatic N) is 2. The average molecular weight is 329 g/mol. The first-order valence-corrected chi connectivity index (χ1v) is 10.7. The van der Waals surface area contributed by atoms with Crippen molar-refractivity contribution in [1.82, 2.24) is 8.61 Å². The summed E-state index contributed by atoms with van der Waals surface area (Å²) in [5.41, 5.74) is 0. The summed E-state index contributed by atoms with van der Waals surface area (Å²) in [5, 5.41) is 0. The normalized spacial score (nSPS) is 32.6. The fourth-order valence-electron chi connectivity index (χ4n) is 4.84. The van der Waals surface area contributed by atoms with Gasteiger partial charge in [0.05, 0.1) is 0 Å². The van der Waals surface area contributed by atoms with Crippen molar-refractivity contribution in [1.29, 1.82) is 0 Å². The third-order valence-corrected chi connectivity index (χ3v) is 8.26. The van der Waals surface area contributed by atoms with E-state index in [1.54, 1.807) is 4.31 Å². The number of fused-ring (bicyclic) bond motifs is 1. The molecule has 0 radical (unpaired) electrons. The summed E-state index contributed by atoms with van der Waals surface area (Å²) >= 11 is 0. The molecule has 0 amide bonds. The molecule has 22 heavy (non-hydrogen) atoms. The first-order chi connectivity index (χ1) is 10.6. The summed E-state index contributed by atoms with van der Waals surface area (Å²) < 4.78 is 30.0. The van der Waals surface area contributed by atoms with Crippen LogP contribution < -0.4 is 0 Å². The highest BCUT2D eigenvalue weighted by Crippen LogP contribution is 2.37. The molecule has 0 aromatic rings. The van der Waals surface area contributed by atoms with Crippen LogP contribution in [0.15, 0.2) is 0 Å². The number of rotatable bonds is 3. The monoisotopic (exact) mass is 328 g/mol. The fraction of sp³-hybridized carbons (Fsp3) is 1.00. The van der Waals surface area contributed by atoms with Crippen LogP contribution in [-0.4, -0.2) is 42.7 Å². The van der Waals surface area contributed by atoms with Crippen LogP contribution >= 0.6 is 0 Å². The van der Waals surface area contributed by atoms with Crippen molar-refractivity contribution in [2.75, 3.05) is 13.6 Å². The van der Waals surface area contributed by atoms with E-state index in [2.05, 4.69) is 0 Å². The fourth-order valence-corrected chi connectivity index (χ4v) is 6.74. The van der Waals surface area contributed by atoms with Gasteiger partial charge in [-0.3, -0.25) is 0 Å². The van der Waals surface area contributed by atoms with Crippen LogP contribution in [0.25, 0.3) is 0 Å². The zero-order valence-corrected chi connectivity index (χ0v) is 14.9. The van der Waals surface area contributed by atoms with E-state index < -0.39 is 10.2 Å². The highest BCUT2D eigenvalue weighted by molar-refractivity contribution is 7.86. The topological polar surface area (TPSA) is 40.6 Å². The molecular weight excluding hydrogens is 296 g/mol. The Kier molecular flexibility index (Phi) is 5.46. The Morgan fingerprint density at radius 1 is 0.818 bits per heavy atom. The van der Waals surface area contributed by atoms with Crippen LogP contribution in [0.5, 0.6) is 0 Å². The lowest BCUT2D eigenvalue weighted by Crippen LogP contribution is -2.55. The molecule has 3 fully saturated rings. The summed E-state index contributed by atoms with van der Waals surface area (Å²) in [6.07, 6.45) is 14.0. The van der Waals surface area contributed by atoms with Gasteiger partial charge in [-0.2, -0.15) is 17.0 Å². The number of hydrogen-bond acceptors (Lipinski definition) is 2. The zero-order valence-electron chi connectivity index (χ0n) is 14.0. The van der Waals surface area contributed by atoms with Gasteiger partial charge in [-0.15, -0.1) is 0 Å². The molecule has 0 aromatic carbocycles. The van der Waals surface area contributed by atoms with Gasteiger partial charge in [-0.25, -0.2) is 0 Å². The second-order valence-electron chi connectivity index (χ2n) is 7.53. The van der Waals surface area contributed by atoms with Crippen molar-refractivity contribution in [3.63, 3.8) is 0 Å². The maximum absolute atomic E-state index is 13.2. The molecule has 2 saturated carbocycles. The van der Waals surface area contributed by atoms with E-state index in [0.29, 0.717) is 5.92 Å². The van der Waals surface area contributed by atoms with E-state index >= 15 is 0 Å². The lowest BCUT2D eigenvalue weighted by atomic mass is 9.79. The Bertz CT molecular complexity index is 455. The molecule has 0 unspecified atom stereocenters. The molecule has 2 aliphatic carbocycles. The molecule has 3 aliphatic rings. The van der Waals surface area contributed by atoms with Crippen LogP contribution in [0.1, 0.15) is 77.0 Å². The Hall–Kier alpha value is -0.130. The Balaban J connectivity index is 1.75. The lowest BCUT2D eigenvalue weighted by Gasteiger charge is -2.45. The summed E-state index contributed by atoms with van der Waals surface area (Å²) in [4.78, 5) is 0. The Morgan fingerprint density at radius 3 is 2.14 bits per heavy atom. The number of piperidine rings is 1. The van der Waals surface area contributed by atoms with Crippen molar-refractivity contribution in [3.8, 4) is 0 Å². The summed E-state index contributed by atoms with van der Waals surface area (Å²) in [6.45, 7) is 0.737. The molecular formula is C17H32N2O2S. The average Bonchev–Trinajstić information content (AvgIpc) is 2.82. The molecule has 1 heterocycles. The highest BCUT2D eigenvalue weighted by atomic mass is 32.2. The first-order valence-electron chi connectivity index (χ1n) is 9.35. The second kappa shape index (κ2) is 7.18. The van der Waals surface area contributed by atoms with E-state index in [1.807, 2.05) is 11.4 Å². The molecule has 0 aromatic heterocycles. The molecule has 0 N–H and O–H groups in total. The van der Waals surface area contributed by atoms with Gasteiger partial charge in [0.25, 0.3) is 10.2 Å². The minimum absolute atomic E-state index is 0.219. The predicted octanol–water partition coefficient (Wildman–Crippen LogP) is 3.54. The van der Waals surface area contributed by atoms with Crippen LogP contribution in [-0.2, 0) is 10.2 Å². The third-order valence-electron chi connectivity index (χ3n) is 6.19.